The molecule has 3 atom stereocenters. The zero-order chi connectivity index (χ0) is 14.8. The predicted molar refractivity (Wildman–Crippen MR) is 83.4 cm³/mol. The molecule has 0 saturated heterocycles. The fraction of sp³-hybridized carbons (Fsp3) is 0.625. The van der Waals surface area contributed by atoms with Crippen LogP contribution in [0.1, 0.15) is 38.7 Å². The normalized spacial score (nSPS) is 30.1. The molecular formula is C16H26N4. The second-order valence-corrected chi connectivity index (χ2v) is 6.22. The number of nitrogen functional groups attached to an aromatic ring is 1. The maximum absolute atomic E-state index is 7.49. The van der Waals surface area contributed by atoms with Crippen molar-refractivity contribution in [3.05, 3.63) is 23.8 Å². The van der Waals surface area contributed by atoms with Gasteiger partial charge in [-0.2, -0.15) is 5.11 Å². The van der Waals surface area contributed by atoms with Gasteiger partial charge in [0, 0.05) is 5.41 Å². The van der Waals surface area contributed by atoms with E-state index in [1.807, 2.05) is 19.2 Å². The number of hydrogen-bond acceptors (Lipinski definition) is 4. The standard InChI is InChI=1S/C16H26N4/c1-11-6-4-7-12(10-19-3)16(11,2)13-8-5-9-14(17)15(13)20-18/h5,8-9,11-12,18-19H,4,6-7,10,17H2,1-3H3. The van der Waals surface area contributed by atoms with E-state index >= 15 is 0 Å². The Balaban J connectivity index is 2.55. The lowest BCUT2D eigenvalue weighted by molar-refractivity contribution is 0.133. The minimum atomic E-state index is 0.0243. The topological polar surface area (TPSA) is 74.3 Å². The zero-order valence-corrected chi connectivity index (χ0v) is 12.7. The smallest absolute Gasteiger partial charge is 0.112 e. The lowest BCUT2D eigenvalue weighted by atomic mass is 9.58. The first-order chi connectivity index (χ1) is 9.55. The van der Waals surface area contributed by atoms with Gasteiger partial charge < -0.3 is 11.1 Å². The summed E-state index contributed by atoms with van der Waals surface area (Å²) in [6.45, 7) is 5.63. The first-order valence-electron chi connectivity index (χ1n) is 7.46. The van der Waals surface area contributed by atoms with Crippen molar-refractivity contribution < 1.29 is 0 Å². The summed E-state index contributed by atoms with van der Waals surface area (Å²) >= 11 is 0. The molecule has 1 saturated carbocycles. The molecule has 2 rings (SSSR count). The molecule has 4 heteroatoms. The largest absolute Gasteiger partial charge is 0.397 e. The highest BCUT2D eigenvalue weighted by molar-refractivity contribution is 5.68. The first-order valence-corrected chi connectivity index (χ1v) is 7.46. The van der Waals surface area contributed by atoms with Crippen LogP contribution in [0.25, 0.3) is 0 Å². The molecule has 3 unspecified atom stereocenters. The third kappa shape index (κ3) is 2.33. The molecule has 1 aromatic rings. The van der Waals surface area contributed by atoms with Crippen molar-refractivity contribution in [2.24, 2.45) is 17.0 Å². The number of nitrogens with one attached hydrogen (secondary N) is 2. The SMILES string of the molecule is CNCC1CCCC(C)C1(C)c1cccc(N)c1N=N. The lowest BCUT2D eigenvalue weighted by Crippen LogP contribution is -2.45. The lowest BCUT2D eigenvalue weighted by Gasteiger charge is -2.47. The highest BCUT2D eigenvalue weighted by Crippen LogP contribution is 2.50. The Kier molecular flexibility index (Phi) is 4.43. The zero-order valence-electron chi connectivity index (χ0n) is 12.7. The van der Waals surface area contributed by atoms with Crippen LogP contribution < -0.4 is 11.1 Å². The molecule has 4 N–H and O–H groups in total. The van der Waals surface area contributed by atoms with Crippen LogP contribution >= 0.6 is 0 Å². The maximum atomic E-state index is 7.49. The van der Waals surface area contributed by atoms with Gasteiger partial charge in [-0.3, -0.25) is 0 Å². The summed E-state index contributed by atoms with van der Waals surface area (Å²) in [5, 5.41) is 7.05. The van der Waals surface area contributed by atoms with Crippen molar-refractivity contribution in [1.82, 2.24) is 5.32 Å². The average molecular weight is 274 g/mol. The third-order valence-corrected chi connectivity index (χ3v) is 5.27. The molecule has 0 radical (unpaired) electrons. The Morgan fingerprint density at radius 3 is 2.85 bits per heavy atom. The van der Waals surface area contributed by atoms with Crippen molar-refractivity contribution in [1.29, 1.82) is 5.53 Å². The second-order valence-electron chi connectivity index (χ2n) is 6.22. The van der Waals surface area contributed by atoms with Crippen LogP contribution in [0.4, 0.5) is 11.4 Å². The van der Waals surface area contributed by atoms with Crippen LogP contribution in [0.2, 0.25) is 0 Å². The number of benzene rings is 1. The highest BCUT2D eigenvalue weighted by Gasteiger charge is 2.44. The van der Waals surface area contributed by atoms with E-state index in [2.05, 4.69) is 30.3 Å². The molecule has 1 fully saturated rings. The number of nitrogens with two attached hydrogens (primary N) is 1. The van der Waals surface area contributed by atoms with E-state index in [1.54, 1.807) is 0 Å². The minimum absolute atomic E-state index is 0.0243. The molecule has 0 heterocycles. The highest BCUT2D eigenvalue weighted by atomic mass is 15.0. The van der Waals surface area contributed by atoms with E-state index in [-0.39, 0.29) is 5.41 Å². The molecule has 20 heavy (non-hydrogen) atoms. The van der Waals surface area contributed by atoms with Crippen molar-refractivity contribution in [2.45, 2.75) is 38.5 Å². The molecule has 0 aromatic heterocycles. The minimum Gasteiger partial charge on any atom is -0.397 e. The van der Waals surface area contributed by atoms with Crippen molar-refractivity contribution in [2.75, 3.05) is 19.3 Å². The van der Waals surface area contributed by atoms with Gasteiger partial charge >= 0.3 is 0 Å². The summed E-state index contributed by atoms with van der Waals surface area (Å²) < 4.78 is 0. The van der Waals surface area contributed by atoms with E-state index < -0.39 is 0 Å². The van der Waals surface area contributed by atoms with Crippen LogP contribution in [-0.4, -0.2) is 13.6 Å². The van der Waals surface area contributed by atoms with E-state index in [1.165, 1.54) is 19.3 Å². The first kappa shape index (κ1) is 15.0. The summed E-state index contributed by atoms with van der Waals surface area (Å²) in [5.74, 6) is 1.12. The molecule has 0 aliphatic heterocycles. The van der Waals surface area contributed by atoms with Gasteiger partial charge in [-0.05, 0) is 49.9 Å². The summed E-state index contributed by atoms with van der Waals surface area (Å²) in [7, 11) is 2.01. The van der Waals surface area contributed by atoms with Crippen LogP contribution in [-0.2, 0) is 5.41 Å². The van der Waals surface area contributed by atoms with Crippen molar-refractivity contribution in [3.8, 4) is 0 Å². The number of hydrogen-bond donors (Lipinski definition) is 3. The number of para-hydroxylation sites is 1. The fourth-order valence-corrected chi connectivity index (χ4v) is 3.84. The van der Waals surface area contributed by atoms with E-state index in [9.17, 15) is 0 Å². The molecule has 1 aliphatic carbocycles. The molecule has 1 aromatic carbocycles. The quantitative estimate of drug-likeness (QED) is 0.576. The summed E-state index contributed by atoms with van der Waals surface area (Å²) in [5.41, 5.74) is 16.0. The molecule has 4 nitrogen and oxygen atoms in total. The Labute approximate surface area is 121 Å². The average Bonchev–Trinajstić information content (AvgIpc) is 2.44. The maximum Gasteiger partial charge on any atom is 0.112 e. The number of rotatable bonds is 4. The molecule has 110 valence electrons. The monoisotopic (exact) mass is 274 g/mol. The third-order valence-electron chi connectivity index (χ3n) is 5.27. The van der Waals surface area contributed by atoms with Crippen LogP contribution in [0.5, 0.6) is 0 Å². The summed E-state index contributed by atoms with van der Waals surface area (Å²) in [4.78, 5) is 0. The fourth-order valence-electron chi connectivity index (χ4n) is 3.84. The number of anilines is 1. The Bertz CT molecular complexity index is 483. The molecule has 0 bridgehead atoms. The van der Waals surface area contributed by atoms with Gasteiger partial charge in [-0.15, -0.1) is 0 Å². The van der Waals surface area contributed by atoms with Crippen LogP contribution in [0.3, 0.4) is 0 Å². The van der Waals surface area contributed by atoms with E-state index in [0.29, 0.717) is 23.2 Å². The number of nitrogens with zero attached hydrogens (tertiary/aromatic N) is 1. The Morgan fingerprint density at radius 1 is 1.45 bits per heavy atom. The predicted octanol–water partition coefficient (Wildman–Crippen LogP) is 3.84. The van der Waals surface area contributed by atoms with Gasteiger partial charge in [-0.25, -0.2) is 5.53 Å². The van der Waals surface area contributed by atoms with Gasteiger partial charge in [0.25, 0.3) is 0 Å². The van der Waals surface area contributed by atoms with Crippen LogP contribution in [0, 0.1) is 17.4 Å². The van der Waals surface area contributed by atoms with Crippen molar-refractivity contribution in [3.63, 3.8) is 0 Å². The molecule has 0 spiro atoms. The molecular weight excluding hydrogens is 248 g/mol. The van der Waals surface area contributed by atoms with Crippen LogP contribution in [0.15, 0.2) is 23.3 Å². The van der Waals surface area contributed by atoms with Crippen molar-refractivity contribution >= 4 is 11.4 Å². The second kappa shape index (κ2) is 5.92. The van der Waals surface area contributed by atoms with Gasteiger partial charge in [0.05, 0.1) is 5.69 Å². The van der Waals surface area contributed by atoms with E-state index in [0.717, 1.165) is 12.1 Å². The van der Waals surface area contributed by atoms with E-state index in [4.69, 9.17) is 11.3 Å². The van der Waals surface area contributed by atoms with Gasteiger partial charge in [-0.1, -0.05) is 32.4 Å². The van der Waals surface area contributed by atoms with Gasteiger partial charge in [0.2, 0.25) is 0 Å². The molecule has 1 aliphatic rings. The Hall–Kier alpha value is -1.42. The summed E-state index contributed by atoms with van der Waals surface area (Å²) in [6.07, 6.45) is 3.72. The molecule has 0 amide bonds. The Morgan fingerprint density at radius 2 is 2.20 bits per heavy atom. The van der Waals surface area contributed by atoms with Gasteiger partial charge in [0.15, 0.2) is 0 Å². The van der Waals surface area contributed by atoms with Gasteiger partial charge in [0.1, 0.15) is 5.69 Å². The summed E-state index contributed by atoms with van der Waals surface area (Å²) in [6, 6.07) is 5.93.